The number of carbonyl (C=O) groups excluding carboxylic acids is 4. The van der Waals surface area contributed by atoms with Crippen LogP contribution < -0.4 is 27.4 Å². The summed E-state index contributed by atoms with van der Waals surface area (Å²) in [5, 5.41) is 25.9. The first-order chi connectivity index (χ1) is 14.2. The number of aliphatic carboxylic acids is 1. The first-order valence-corrected chi connectivity index (χ1v) is 10.1. The lowest BCUT2D eigenvalue weighted by Gasteiger charge is -2.28. The molecular formula is C19H35N5O7. The fraction of sp³-hybridized carbons (Fsp3) is 0.737. The number of rotatable bonds is 13. The first-order valence-electron chi connectivity index (χ1n) is 10.1. The van der Waals surface area contributed by atoms with Crippen LogP contribution in [0.25, 0.3) is 0 Å². The Morgan fingerprint density at radius 3 is 1.77 bits per heavy atom. The van der Waals surface area contributed by atoms with Crippen molar-refractivity contribution in [2.24, 2.45) is 23.3 Å². The summed E-state index contributed by atoms with van der Waals surface area (Å²) in [5.74, 6) is -5.38. The molecule has 0 saturated heterocycles. The summed E-state index contributed by atoms with van der Waals surface area (Å²) in [7, 11) is 0. The Kier molecular flexibility index (Phi) is 11.7. The molecule has 0 aliphatic rings. The fourth-order valence-electron chi connectivity index (χ4n) is 2.61. The molecule has 9 N–H and O–H groups in total. The van der Waals surface area contributed by atoms with Crippen molar-refractivity contribution in [1.82, 2.24) is 16.0 Å². The van der Waals surface area contributed by atoms with Gasteiger partial charge in [0.1, 0.15) is 24.2 Å². The molecule has 4 amide bonds. The van der Waals surface area contributed by atoms with E-state index in [1.165, 1.54) is 6.92 Å². The highest BCUT2D eigenvalue weighted by Crippen LogP contribution is 2.10. The number of carboxylic acid groups (broad SMARTS) is 1. The maximum absolute atomic E-state index is 12.7. The molecule has 12 heteroatoms. The third-order valence-corrected chi connectivity index (χ3v) is 4.88. The van der Waals surface area contributed by atoms with E-state index >= 15 is 0 Å². The molecule has 0 saturated carbocycles. The normalized spacial score (nSPS) is 16.9. The molecule has 0 radical (unpaired) electrons. The Balaban J connectivity index is 5.50. The summed E-state index contributed by atoms with van der Waals surface area (Å²) in [4.78, 5) is 60.3. The summed E-state index contributed by atoms with van der Waals surface area (Å²) in [6, 6.07) is -5.08. The van der Waals surface area contributed by atoms with Crippen LogP contribution in [0, 0.1) is 11.8 Å². The SMILES string of the molecule is CCC(C)C(NC(=O)C(NC(=O)C(CC(N)=O)NC(=O)C(N)C(C)O)C(C)C)C(=O)O. The maximum atomic E-state index is 12.7. The number of hydrogen-bond acceptors (Lipinski definition) is 7. The second kappa shape index (κ2) is 12.8. The lowest BCUT2D eigenvalue weighted by Crippen LogP contribution is -2.60. The zero-order valence-electron chi connectivity index (χ0n) is 18.5. The Bertz CT molecular complexity index is 668. The van der Waals surface area contributed by atoms with Gasteiger partial charge >= 0.3 is 5.97 Å². The molecule has 0 aliphatic heterocycles. The molecule has 0 spiro atoms. The van der Waals surface area contributed by atoms with E-state index in [1.807, 2.05) is 0 Å². The zero-order chi connectivity index (χ0) is 24.5. The Morgan fingerprint density at radius 1 is 0.871 bits per heavy atom. The number of nitrogens with two attached hydrogens (primary N) is 2. The predicted octanol–water partition coefficient (Wildman–Crippen LogP) is -2.19. The van der Waals surface area contributed by atoms with Crippen molar-refractivity contribution in [3.05, 3.63) is 0 Å². The van der Waals surface area contributed by atoms with Crippen molar-refractivity contribution < 1.29 is 34.2 Å². The van der Waals surface area contributed by atoms with Gasteiger partial charge in [-0.1, -0.05) is 34.1 Å². The number of aliphatic hydroxyl groups excluding tert-OH is 1. The van der Waals surface area contributed by atoms with Gasteiger partial charge in [0.2, 0.25) is 23.6 Å². The average Bonchev–Trinajstić information content (AvgIpc) is 2.66. The average molecular weight is 446 g/mol. The Hall–Kier alpha value is -2.73. The lowest BCUT2D eigenvalue weighted by atomic mass is 9.97. The summed E-state index contributed by atoms with van der Waals surface area (Å²) in [6.07, 6.45) is -1.27. The van der Waals surface area contributed by atoms with Crippen molar-refractivity contribution in [3.63, 3.8) is 0 Å². The van der Waals surface area contributed by atoms with Crippen LogP contribution in [0.4, 0.5) is 0 Å². The summed E-state index contributed by atoms with van der Waals surface area (Å²) >= 11 is 0. The van der Waals surface area contributed by atoms with Crippen LogP contribution in [0.3, 0.4) is 0 Å². The molecule has 0 aromatic carbocycles. The number of carbonyl (C=O) groups is 5. The molecule has 0 rings (SSSR count). The van der Waals surface area contributed by atoms with Crippen molar-refractivity contribution in [2.75, 3.05) is 0 Å². The molecule has 0 fully saturated rings. The minimum atomic E-state index is -1.44. The van der Waals surface area contributed by atoms with E-state index in [0.717, 1.165) is 0 Å². The molecule has 0 heterocycles. The molecule has 6 unspecified atom stereocenters. The van der Waals surface area contributed by atoms with Crippen LogP contribution >= 0.6 is 0 Å². The van der Waals surface area contributed by atoms with Gasteiger partial charge < -0.3 is 37.6 Å². The standard InChI is InChI=1S/C19H35N5O7/c1-6-9(4)15(19(30)31)24-18(29)14(8(2)3)23-16(27)11(7-12(20)26)22-17(28)13(21)10(5)25/h8-11,13-15,25H,6-7,21H2,1-5H3,(H2,20,26)(H,22,28)(H,23,27)(H,24,29)(H,30,31). The second-order valence-electron chi connectivity index (χ2n) is 7.94. The monoisotopic (exact) mass is 445 g/mol. The van der Waals surface area contributed by atoms with Crippen molar-refractivity contribution >= 4 is 29.6 Å². The fourth-order valence-corrected chi connectivity index (χ4v) is 2.61. The highest BCUT2D eigenvalue weighted by atomic mass is 16.4. The quantitative estimate of drug-likeness (QED) is 0.165. The van der Waals surface area contributed by atoms with Crippen LogP contribution in [-0.2, 0) is 24.0 Å². The zero-order valence-corrected chi connectivity index (χ0v) is 18.5. The van der Waals surface area contributed by atoms with Gasteiger partial charge in [-0.25, -0.2) is 4.79 Å². The van der Waals surface area contributed by atoms with Crippen LogP contribution in [-0.4, -0.2) is 70.1 Å². The molecule has 178 valence electrons. The third kappa shape index (κ3) is 9.30. The second-order valence-corrected chi connectivity index (χ2v) is 7.94. The molecule has 31 heavy (non-hydrogen) atoms. The molecular weight excluding hydrogens is 410 g/mol. The number of amides is 4. The first kappa shape index (κ1) is 28.3. The Morgan fingerprint density at radius 2 is 1.39 bits per heavy atom. The van der Waals surface area contributed by atoms with E-state index < -0.39 is 72.2 Å². The molecule has 12 nitrogen and oxygen atoms in total. The maximum Gasteiger partial charge on any atom is 0.326 e. The van der Waals surface area contributed by atoms with Crippen LogP contribution in [0.1, 0.15) is 47.5 Å². The van der Waals surface area contributed by atoms with Gasteiger partial charge in [-0.15, -0.1) is 0 Å². The Labute approximate surface area is 181 Å². The van der Waals surface area contributed by atoms with E-state index in [9.17, 15) is 34.2 Å². The lowest BCUT2D eigenvalue weighted by molar-refractivity contribution is -0.144. The number of aliphatic hydroxyl groups is 1. The van der Waals surface area contributed by atoms with E-state index in [-0.39, 0.29) is 5.92 Å². The van der Waals surface area contributed by atoms with Crippen molar-refractivity contribution in [1.29, 1.82) is 0 Å². The van der Waals surface area contributed by atoms with E-state index in [0.29, 0.717) is 6.42 Å². The van der Waals surface area contributed by atoms with Crippen LogP contribution in [0.2, 0.25) is 0 Å². The molecule has 6 atom stereocenters. The molecule has 0 bridgehead atoms. The van der Waals surface area contributed by atoms with Gasteiger partial charge in [-0.3, -0.25) is 19.2 Å². The number of hydrogen-bond donors (Lipinski definition) is 7. The minimum absolute atomic E-state index is 0.353. The van der Waals surface area contributed by atoms with Gasteiger partial charge in [0.25, 0.3) is 0 Å². The van der Waals surface area contributed by atoms with Crippen molar-refractivity contribution in [2.45, 2.75) is 77.7 Å². The predicted molar refractivity (Wildman–Crippen MR) is 111 cm³/mol. The minimum Gasteiger partial charge on any atom is -0.480 e. The van der Waals surface area contributed by atoms with Gasteiger partial charge in [0.05, 0.1) is 12.5 Å². The smallest absolute Gasteiger partial charge is 0.326 e. The summed E-state index contributed by atoms with van der Waals surface area (Å²) in [5.41, 5.74) is 10.7. The number of nitrogens with one attached hydrogen (secondary N) is 3. The summed E-state index contributed by atoms with van der Waals surface area (Å²) in [6.45, 7) is 8.00. The van der Waals surface area contributed by atoms with E-state index in [2.05, 4.69) is 16.0 Å². The van der Waals surface area contributed by atoms with Gasteiger partial charge in [0.15, 0.2) is 0 Å². The molecule has 0 aromatic heterocycles. The van der Waals surface area contributed by atoms with Crippen LogP contribution in [0.15, 0.2) is 0 Å². The third-order valence-electron chi connectivity index (χ3n) is 4.88. The van der Waals surface area contributed by atoms with Crippen LogP contribution in [0.5, 0.6) is 0 Å². The topological polar surface area (TPSA) is 214 Å². The van der Waals surface area contributed by atoms with Gasteiger partial charge in [0, 0.05) is 0 Å². The molecule has 0 aromatic rings. The highest BCUT2D eigenvalue weighted by molar-refractivity contribution is 5.96. The van der Waals surface area contributed by atoms with E-state index in [1.54, 1.807) is 27.7 Å². The molecule has 0 aliphatic carbocycles. The van der Waals surface area contributed by atoms with Gasteiger partial charge in [-0.2, -0.15) is 0 Å². The number of primary amides is 1. The van der Waals surface area contributed by atoms with Gasteiger partial charge in [-0.05, 0) is 18.8 Å². The number of carboxylic acids is 1. The summed E-state index contributed by atoms with van der Waals surface area (Å²) < 4.78 is 0. The van der Waals surface area contributed by atoms with Crippen molar-refractivity contribution in [3.8, 4) is 0 Å². The van der Waals surface area contributed by atoms with E-state index in [4.69, 9.17) is 11.5 Å². The highest BCUT2D eigenvalue weighted by Gasteiger charge is 2.34. The largest absolute Gasteiger partial charge is 0.480 e.